The molecule has 4 aromatic heterocycles. The van der Waals surface area contributed by atoms with E-state index in [1.165, 1.54) is 4.52 Å². The monoisotopic (exact) mass is 359 g/mol. The molecule has 0 amide bonds. The molecular formula is C19H17N7O. The molecule has 0 aliphatic carbocycles. The summed E-state index contributed by atoms with van der Waals surface area (Å²) in [6, 6.07) is 9.53. The van der Waals surface area contributed by atoms with Gasteiger partial charge in [-0.25, -0.2) is 0 Å². The fraction of sp³-hybridized carbons (Fsp3) is 0.158. The number of rotatable bonds is 3. The van der Waals surface area contributed by atoms with E-state index in [-0.39, 0.29) is 5.56 Å². The molecule has 0 radical (unpaired) electrons. The molecule has 27 heavy (non-hydrogen) atoms. The minimum absolute atomic E-state index is 0.184. The summed E-state index contributed by atoms with van der Waals surface area (Å²) in [5.41, 5.74) is 4.91. The van der Waals surface area contributed by atoms with E-state index in [2.05, 4.69) is 27.2 Å². The first-order chi connectivity index (χ1) is 13.2. The topological polar surface area (TPSA) is 85.8 Å². The minimum atomic E-state index is -0.184. The van der Waals surface area contributed by atoms with Gasteiger partial charge in [0.2, 0.25) is 0 Å². The second-order valence-electron chi connectivity index (χ2n) is 6.41. The van der Waals surface area contributed by atoms with Crippen LogP contribution in [0, 0.1) is 0 Å². The molecule has 0 fully saturated rings. The zero-order valence-corrected chi connectivity index (χ0v) is 14.9. The summed E-state index contributed by atoms with van der Waals surface area (Å²) in [5.74, 6) is 0. The van der Waals surface area contributed by atoms with Crippen LogP contribution in [0.2, 0.25) is 0 Å². The third kappa shape index (κ3) is 2.30. The standard InChI is InChI=1S/C19H17N7O/c1-3-25-16-5-4-12(8-13(16)10-21-25)15-9-18(27)26-19(23-15)14(11-22-26)17-6-7-20-24(17)2/h4-11,23H,3H2,1-2H3. The van der Waals surface area contributed by atoms with E-state index in [0.29, 0.717) is 5.65 Å². The predicted octanol–water partition coefficient (Wildman–Crippen LogP) is 2.46. The third-order valence-corrected chi connectivity index (χ3v) is 4.85. The SMILES string of the molecule is CCn1ncc2cc(-c3cc(=O)n4ncc(-c5ccnn5C)c4[nH]3)ccc21. The van der Waals surface area contributed by atoms with Gasteiger partial charge in [-0.3, -0.25) is 14.2 Å². The zero-order valence-electron chi connectivity index (χ0n) is 14.9. The number of fused-ring (bicyclic) bond motifs is 2. The highest BCUT2D eigenvalue weighted by Gasteiger charge is 2.14. The van der Waals surface area contributed by atoms with Gasteiger partial charge in [-0.2, -0.15) is 19.8 Å². The first-order valence-corrected chi connectivity index (χ1v) is 8.71. The number of hydrogen-bond donors (Lipinski definition) is 1. The summed E-state index contributed by atoms with van der Waals surface area (Å²) in [5, 5.41) is 13.9. The number of aromatic amines is 1. The van der Waals surface area contributed by atoms with Gasteiger partial charge in [0.25, 0.3) is 5.56 Å². The zero-order chi connectivity index (χ0) is 18.5. The normalized spacial score (nSPS) is 11.6. The van der Waals surface area contributed by atoms with Crippen molar-refractivity contribution in [2.24, 2.45) is 7.05 Å². The molecule has 1 N–H and O–H groups in total. The first-order valence-electron chi connectivity index (χ1n) is 8.71. The second kappa shape index (κ2) is 5.66. The molecule has 5 aromatic rings. The Bertz CT molecular complexity index is 1350. The molecule has 0 aliphatic heterocycles. The lowest BCUT2D eigenvalue weighted by molar-refractivity contribution is 0.684. The van der Waals surface area contributed by atoms with Gasteiger partial charge in [-0.1, -0.05) is 6.07 Å². The second-order valence-corrected chi connectivity index (χ2v) is 6.41. The van der Waals surface area contributed by atoms with Crippen molar-refractivity contribution in [1.29, 1.82) is 0 Å². The quantitative estimate of drug-likeness (QED) is 0.536. The molecule has 8 heteroatoms. The smallest absolute Gasteiger partial charge is 0.274 e. The van der Waals surface area contributed by atoms with E-state index in [0.717, 1.165) is 40.0 Å². The van der Waals surface area contributed by atoms with Crippen molar-refractivity contribution in [3.8, 4) is 22.5 Å². The maximum absolute atomic E-state index is 12.6. The van der Waals surface area contributed by atoms with Crippen LogP contribution >= 0.6 is 0 Å². The van der Waals surface area contributed by atoms with Gasteiger partial charge in [0, 0.05) is 31.2 Å². The van der Waals surface area contributed by atoms with Gasteiger partial charge >= 0.3 is 0 Å². The van der Waals surface area contributed by atoms with Crippen molar-refractivity contribution in [1.82, 2.24) is 34.2 Å². The summed E-state index contributed by atoms with van der Waals surface area (Å²) in [6.07, 6.45) is 5.25. The van der Waals surface area contributed by atoms with Gasteiger partial charge in [-0.15, -0.1) is 0 Å². The van der Waals surface area contributed by atoms with E-state index >= 15 is 0 Å². The predicted molar refractivity (Wildman–Crippen MR) is 102 cm³/mol. The first kappa shape index (κ1) is 15.6. The van der Waals surface area contributed by atoms with Crippen LogP contribution < -0.4 is 5.56 Å². The van der Waals surface area contributed by atoms with Crippen LogP contribution in [-0.4, -0.2) is 34.2 Å². The van der Waals surface area contributed by atoms with Crippen LogP contribution in [0.15, 0.2) is 53.7 Å². The molecule has 0 saturated carbocycles. The highest BCUT2D eigenvalue weighted by atomic mass is 16.1. The summed E-state index contributed by atoms with van der Waals surface area (Å²) < 4.78 is 5.08. The van der Waals surface area contributed by atoms with Crippen LogP contribution in [0.3, 0.4) is 0 Å². The Kier molecular flexibility index (Phi) is 3.27. The molecule has 0 aliphatic rings. The van der Waals surface area contributed by atoms with Crippen LogP contribution in [0.25, 0.3) is 39.1 Å². The number of nitrogens with zero attached hydrogens (tertiary/aromatic N) is 6. The number of nitrogens with one attached hydrogen (secondary N) is 1. The molecule has 0 saturated heterocycles. The van der Waals surface area contributed by atoms with Gasteiger partial charge in [-0.05, 0) is 30.7 Å². The molecular weight excluding hydrogens is 342 g/mol. The van der Waals surface area contributed by atoms with Crippen molar-refractivity contribution < 1.29 is 0 Å². The Morgan fingerprint density at radius 3 is 2.74 bits per heavy atom. The Labute approximate surface area is 153 Å². The highest BCUT2D eigenvalue weighted by molar-refractivity contribution is 5.84. The van der Waals surface area contributed by atoms with Crippen molar-refractivity contribution >= 4 is 16.6 Å². The molecule has 0 spiro atoms. The maximum Gasteiger partial charge on any atom is 0.274 e. The summed E-state index contributed by atoms with van der Waals surface area (Å²) in [4.78, 5) is 16.0. The molecule has 0 bridgehead atoms. The van der Waals surface area contributed by atoms with E-state index < -0.39 is 0 Å². The molecule has 134 valence electrons. The summed E-state index contributed by atoms with van der Waals surface area (Å²) in [6.45, 7) is 2.88. The Hall–Kier alpha value is -3.68. The van der Waals surface area contributed by atoms with Gasteiger partial charge in [0.1, 0.15) is 5.65 Å². The number of aryl methyl sites for hydroxylation is 2. The Morgan fingerprint density at radius 2 is 1.96 bits per heavy atom. The third-order valence-electron chi connectivity index (χ3n) is 4.85. The lowest BCUT2D eigenvalue weighted by Crippen LogP contribution is -2.14. The van der Waals surface area contributed by atoms with Crippen molar-refractivity contribution in [2.75, 3.05) is 0 Å². The maximum atomic E-state index is 12.6. The number of H-pyrrole nitrogens is 1. The largest absolute Gasteiger partial charge is 0.339 e. The molecule has 5 rings (SSSR count). The average Bonchev–Trinajstić information content (AvgIpc) is 3.38. The molecule has 4 heterocycles. The Balaban J connectivity index is 1.72. The van der Waals surface area contributed by atoms with Crippen molar-refractivity contribution in [3.05, 3.63) is 59.3 Å². The highest BCUT2D eigenvalue weighted by Crippen LogP contribution is 2.26. The van der Waals surface area contributed by atoms with E-state index in [4.69, 9.17) is 0 Å². The van der Waals surface area contributed by atoms with Crippen LogP contribution in [0.1, 0.15) is 6.92 Å². The average molecular weight is 359 g/mol. The molecule has 0 atom stereocenters. The molecule has 1 aromatic carbocycles. The van der Waals surface area contributed by atoms with Crippen molar-refractivity contribution in [3.63, 3.8) is 0 Å². The Morgan fingerprint density at radius 1 is 1.07 bits per heavy atom. The number of benzene rings is 1. The number of aromatic nitrogens is 7. The van der Waals surface area contributed by atoms with Crippen LogP contribution in [0.5, 0.6) is 0 Å². The number of hydrogen-bond acceptors (Lipinski definition) is 4. The van der Waals surface area contributed by atoms with E-state index in [1.807, 2.05) is 42.2 Å². The molecule has 0 unspecified atom stereocenters. The lowest BCUT2D eigenvalue weighted by atomic mass is 10.1. The minimum Gasteiger partial charge on any atom is -0.339 e. The van der Waals surface area contributed by atoms with Gasteiger partial charge in [0.15, 0.2) is 0 Å². The fourth-order valence-electron chi connectivity index (χ4n) is 3.47. The van der Waals surface area contributed by atoms with E-state index in [1.54, 1.807) is 23.1 Å². The summed E-state index contributed by atoms with van der Waals surface area (Å²) >= 11 is 0. The van der Waals surface area contributed by atoms with Gasteiger partial charge < -0.3 is 4.98 Å². The molecule has 8 nitrogen and oxygen atoms in total. The van der Waals surface area contributed by atoms with Crippen molar-refractivity contribution in [2.45, 2.75) is 13.5 Å². The lowest BCUT2D eigenvalue weighted by Gasteiger charge is -2.06. The van der Waals surface area contributed by atoms with Gasteiger partial charge in [0.05, 0.1) is 34.9 Å². The fourth-order valence-corrected chi connectivity index (χ4v) is 3.47. The van der Waals surface area contributed by atoms with Crippen LogP contribution in [-0.2, 0) is 13.6 Å². The van der Waals surface area contributed by atoms with Crippen LogP contribution in [0.4, 0.5) is 0 Å². The van der Waals surface area contributed by atoms with E-state index in [9.17, 15) is 4.79 Å². The summed E-state index contributed by atoms with van der Waals surface area (Å²) in [7, 11) is 1.86.